The highest BCUT2D eigenvalue weighted by Crippen LogP contribution is 2.39. The van der Waals surface area contributed by atoms with E-state index in [-0.39, 0.29) is 22.7 Å². The number of methoxy groups -OCH3 is 3. The molecule has 1 aromatic rings. The maximum absolute atomic E-state index is 11.4. The molecule has 0 spiro atoms. The maximum atomic E-state index is 11.4. The van der Waals surface area contributed by atoms with Crippen molar-refractivity contribution in [2.75, 3.05) is 21.3 Å². The molecule has 0 unspecified atom stereocenters. The normalized spacial score (nSPS) is 9.59. The predicted octanol–water partition coefficient (Wildman–Crippen LogP) is 1.40. The topological polar surface area (TPSA) is 87.9 Å². The van der Waals surface area contributed by atoms with Gasteiger partial charge in [-0.1, -0.05) is 0 Å². The Balaban J connectivity index is 3.48. The quantitative estimate of drug-likeness (QED) is 0.449. The highest BCUT2D eigenvalue weighted by molar-refractivity contribution is 5.94. The van der Waals surface area contributed by atoms with E-state index in [1.165, 1.54) is 27.4 Å². The molecule has 0 heterocycles. The molecule has 0 aliphatic heterocycles. The molecular formula is C10H11NO6. The molecule has 0 fully saturated rings. The monoisotopic (exact) mass is 241 g/mol. The molecule has 1 aromatic carbocycles. The summed E-state index contributed by atoms with van der Waals surface area (Å²) < 4.78 is 14.4. The first-order valence-corrected chi connectivity index (χ1v) is 4.54. The van der Waals surface area contributed by atoms with E-state index in [9.17, 15) is 14.9 Å². The molecule has 0 aromatic heterocycles. The van der Waals surface area contributed by atoms with E-state index in [0.29, 0.717) is 0 Å². The van der Waals surface area contributed by atoms with Crippen molar-refractivity contribution < 1.29 is 23.9 Å². The van der Waals surface area contributed by atoms with Crippen molar-refractivity contribution in [3.8, 4) is 11.5 Å². The van der Waals surface area contributed by atoms with Crippen molar-refractivity contribution in [1.82, 2.24) is 0 Å². The highest BCUT2D eigenvalue weighted by Gasteiger charge is 2.26. The summed E-state index contributed by atoms with van der Waals surface area (Å²) in [4.78, 5) is 21.5. The van der Waals surface area contributed by atoms with E-state index < -0.39 is 10.9 Å². The van der Waals surface area contributed by atoms with Crippen molar-refractivity contribution >= 4 is 11.7 Å². The van der Waals surface area contributed by atoms with Gasteiger partial charge in [-0.05, 0) is 6.07 Å². The van der Waals surface area contributed by atoms with Gasteiger partial charge in [0.15, 0.2) is 5.75 Å². The third kappa shape index (κ3) is 2.27. The number of hydrogen-bond acceptors (Lipinski definition) is 6. The number of nitro groups is 1. The van der Waals surface area contributed by atoms with Gasteiger partial charge >= 0.3 is 11.7 Å². The van der Waals surface area contributed by atoms with Crippen LogP contribution in [0.4, 0.5) is 5.69 Å². The van der Waals surface area contributed by atoms with Crippen LogP contribution in [0.2, 0.25) is 0 Å². The lowest BCUT2D eigenvalue weighted by atomic mass is 10.1. The molecule has 0 amide bonds. The van der Waals surface area contributed by atoms with E-state index in [2.05, 4.69) is 4.74 Å². The molecular weight excluding hydrogens is 230 g/mol. The molecule has 1 rings (SSSR count). The predicted molar refractivity (Wildman–Crippen MR) is 57.5 cm³/mol. The van der Waals surface area contributed by atoms with Crippen molar-refractivity contribution in [2.24, 2.45) is 0 Å². The van der Waals surface area contributed by atoms with Crippen LogP contribution >= 0.6 is 0 Å². The molecule has 7 heteroatoms. The van der Waals surface area contributed by atoms with Gasteiger partial charge in [0, 0.05) is 6.07 Å². The molecule has 0 saturated heterocycles. The number of hydrogen-bond donors (Lipinski definition) is 0. The molecule has 0 bridgehead atoms. The number of benzene rings is 1. The van der Waals surface area contributed by atoms with E-state index in [0.717, 1.165) is 6.07 Å². The van der Waals surface area contributed by atoms with E-state index >= 15 is 0 Å². The van der Waals surface area contributed by atoms with Crippen LogP contribution in [0.5, 0.6) is 11.5 Å². The number of nitro benzene ring substituents is 1. The fourth-order valence-electron chi connectivity index (χ4n) is 1.37. The summed E-state index contributed by atoms with van der Waals surface area (Å²) in [6.45, 7) is 0. The molecule has 0 radical (unpaired) electrons. The second kappa shape index (κ2) is 5.15. The Hall–Kier alpha value is -2.31. The summed E-state index contributed by atoms with van der Waals surface area (Å²) in [6.07, 6.45) is 0. The lowest BCUT2D eigenvalue weighted by Gasteiger charge is -2.11. The molecule has 7 nitrogen and oxygen atoms in total. The van der Waals surface area contributed by atoms with Gasteiger partial charge in [0.2, 0.25) is 5.75 Å². The first-order valence-electron chi connectivity index (χ1n) is 4.54. The molecule has 17 heavy (non-hydrogen) atoms. The third-order valence-electron chi connectivity index (χ3n) is 2.10. The number of ether oxygens (including phenoxy) is 3. The smallest absolute Gasteiger partial charge is 0.341 e. The number of nitrogens with zero attached hydrogens (tertiary/aromatic N) is 1. The molecule has 0 saturated carbocycles. The summed E-state index contributed by atoms with van der Waals surface area (Å²) in [6, 6.07) is 2.42. The van der Waals surface area contributed by atoms with Crippen LogP contribution in [0, 0.1) is 10.1 Å². The van der Waals surface area contributed by atoms with Crippen LogP contribution in [0.25, 0.3) is 0 Å². The van der Waals surface area contributed by atoms with Crippen LogP contribution in [0.3, 0.4) is 0 Å². The van der Waals surface area contributed by atoms with Crippen molar-refractivity contribution in [3.63, 3.8) is 0 Å². The summed E-state index contributed by atoms with van der Waals surface area (Å²) >= 11 is 0. The molecule has 0 aliphatic carbocycles. The summed E-state index contributed by atoms with van der Waals surface area (Å²) in [5.41, 5.74) is -0.213. The van der Waals surface area contributed by atoms with Gasteiger partial charge in [-0.15, -0.1) is 0 Å². The standard InChI is InChI=1S/C10H11NO6/c1-15-8-6(10(12)17-3)4-5-7(11(13)14)9(8)16-2/h4-5H,1-3H3. The fraction of sp³-hybridized carbons (Fsp3) is 0.300. The number of carbonyl (C=O) groups excluding carboxylic acids is 1. The lowest BCUT2D eigenvalue weighted by molar-refractivity contribution is -0.385. The number of carbonyl (C=O) groups is 1. The average Bonchev–Trinajstić information content (AvgIpc) is 2.35. The van der Waals surface area contributed by atoms with E-state index in [1.54, 1.807) is 0 Å². The second-order valence-corrected chi connectivity index (χ2v) is 2.95. The van der Waals surface area contributed by atoms with Crippen molar-refractivity contribution in [3.05, 3.63) is 27.8 Å². The van der Waals surface area contributed by atoms with Crippen LogP contribution in [0.15, 0.2) is 12.1 Å². The minimum atomic E-state index is -0.657. The van der Waals surface area contributed by atoms with Crippen LogP contribution < -0.4 is 9.47 Å². The molecule has 92 valence electrons. The zero-order valence-corrected chi connectivity index (χ0v) is 9.55. The summed E-state index contributed by atoms with van der Waals surface area (Å²) in [5.74, 6) is -0.788. The Morgan fingerprint density at radius 3 is 2.18 bits per heavy atom. The second-order valence-electron chi connectivity index (χ2n) is 2.95. The zero-order chi connectivity index (χ0) is 13.0. The molecule has 0 atom stereocenters. The molecule has 0 N–H and O–H groups in total. The van der Waals surface area contributed by atoms with Crippen LogP contribution in [-0.4, -0.2) is 32.2 Å². The molecule has 0 aliphatic rings. The summed E-state index contributed by atoms with van der Waals surface area (Å²) in [5, 5.41) is 10.8. The Morgan fingerprint density at radius 2 is 1.76 bits per heavy atom. The Kier molecular flexibility index (Phi) is 3.86. The SMILES string of the molecule is COC(=O)c1ccc([N+](=O)[O-])c(OC)c1OC. The average molecular weight is 241 g/mol. The summed E-state index contributed by atoms with van der Waals surface area (Å²) in [7, 11) is 3.75. The van der Waals surface area contributed by atoms with Gasteiger partial charge in [0.05, 0.1) is 26.3 Å². The van der Waals surface area contributed by atoms with Gasteiger partial charge in [-0.2, -0.15) is 0 Å². The van der Waals surface area contributed by atoms with Gasteiger partial charge in [0.25, 0.3) is 0 Å². The van der Waals surface area contributed by atoms with Crippen molar-refractivity contribution in [1.29, 1.82) is 0 Å². The fourth-order valence-corrected chi connectivity index (χ4v) is 1.37. The van der Waals surface area contributed by atoms with E-state index in [1.807, 2.05) is 0 Å². The van der Waals surface area contributed by atoms with Crippen LogP contribution in [0.1, 0.15) is 10.4 Å². The number of esters is 1. The zero-order valence-electron chi connectivity index (χ0n) is 9.55. The lowest BCUT2D eigenvalue weighted by Crippen LogP contribution is -2.06. The van der Waals surface area contributed by atoms with Gasteiger partial charge < -0.3 is 14.2 Å². The Bertz CT molecular complexity index is 456. The maximum Gasteiger partial charge on any atom is 0.341 e. The van der Waals surface area contributed by atoms with Crippen LogP contribution in [-0.2, 0) is 4.74 Å². The third-order valence-corrected chi connectivity index (χ3v) is 2.10. The van der Waals surface area contributed by atoms with Gasteiger partial charge in [-0.3, -0.25) is 10.1 Å². The first kappa shape index (κ1) is 12.8. The van der Waals surface area contributed by atoms with Gasteiger partial charge in [-0.25, -0.2) is 4.79 Å². The van der Waals surface area contributed by atoms with E-state index in [4.69, 9.17) is 9.47 Å². The Morgan fingerprint density at radius 1 is 1.18 bits per heavy atom. The minimum Gasteiger partial charge on any atom is -0.492 e. The number of rotatable bonds is 4. The minimum absolute atomic E-state index is 0.0199. The van der Waals surface area contributed by atoms with Crippen molar-refractivity contribution in [2.45, 2.75) is 0 Å². The largest absolute Gasteiger partial charge is 0.492 e. The first-order chi connectivity index (χ1) is 8.06. The Labute approximate surface area is 97.0 Å². The van der Waals surface area contributed by atoms with Gasteiger partial charge in [0.1, 0.15) is 5.56 Å². The highest BCUT2D eigenvalue weighted by atomic mass is 16.6.